The van der Waals surface area contributed by atoms with Gasteiger partial charge in [-0.25, -0.2) is 8.78 Å². The van der Waals surface area contributed by atoms with E-state index in [1.54, 1.807) is 0 Å². The maximum atomic E-state index is 12.2. The van der Waals surface area contributed by atoms with Crippen LogP contribution >= 0.6 is 11.6 Å². The minimum absolute atomic E-state index is 0.0945. The van der Waals surface area contributed by atoms with Crippen LogP contribution in [0.4, 0.5) is 8.78 Å². The quantitative estimate of drug-likeness (QED) is 0.771. The third-order valence-electron chi connectivity index (χ3n) is 1.94. The van der Waals surface area contributed by atoms with Gasteiger partial charge >= 0.3 is 6.43 Å². The fourth-order valence-electron chi connectivity index (χ4n) is 1.16. The summed E-state index contributed by atoms with van der Waals surface area (Å²) in [4.78, 5) is 11.1. The highest BCUT2D eigenvalue weighted by molar-refractivity contribution is 6.34. The van der Waals surface area contributed by atoms with Gasteiger partial charge in [-0.1, -0.05) is 11.6 Å². The van der Waals surface area contributed by atoms with Gasteiger partial charge in [0.25, 0.3) is 0 Å². The number of benzene rings is 1. The van der Waals surface area contributed by atoms with Crippen molar-refractivity contribution in [3.63, 3.8) is 0 Å². The van der Waals surface area contributed by atoms with E-state index in [0.29, 0.717) is 0 Å². The molecule has 0 aliphatic rings. The second kappa shape index (κ2) is 5.12. The summed E-state index contributed by atoms with van der Waals surface area (Å²) in [5.74, 6) is -0.889. The molecule has 1 aromatic rings. The predicted octanol–water partition coefficient (Wildman–Crippen LogP) is 2.81. The monoisotopic (exact) mass is 250 g/mol. The second-order valence-electron chi connectivity index (χ2n) is 2.85. The Kier molecular flexibility index (Phi) is 4.06. The second-order valence-corrected chi connectivity index (χ2v) is 3.26. The van der Waals surface area contributed by atoms with E-state index in [4.69, 9.17) is 21.1 Å². The molecule has 0 amide bonds. The van der Waals surface area contributed by atoms with Gasteiger partial charge in [-0.2, -0.15) is 0 Å². The molecule has 0 heterocycles. The number of carbonyl (C=O) groups excluding carboxylic acids is 1. The summed E-state index contributed by atoms with van der Waals surface area (Å²) in [5.41, 5.74) is -0.283. The van der Waals surface area contributed by atoms with E-state index >= 15 is 0 Å². The molecule has 0 N–H and O–H groups in total. The molecule has 16 heavy (non-hydrogen) atoms. The lowest BCUT2D eigenvalue weighted by atomic mass is 10.1. The third-order valence-corrected chi connectivity index (χ3v) is 2.25. The van der Waals surface area contributed by atoms with Crippen LogP contribution in [0.15, 0.2) is 12.1 Å². The number of Topliss-reactive ketones (excluding diaryl/α,β-unsaturated/α-hetero) is 1. The standard InChI is InChI=1S/C10H9ClF2O3/c1-15-7-3-5(9(14)10(12)13)6(11)4-8(7)16-2/h3-4,10H,1-2H3. The molecular weight excluding hydrogens is 242 g/mol. The molecule has 0 aliphatic carbocycles. The number of hydrogen-bond acceptors (Lipinski definition) is 3. The van der Waals surface area contributed by atoms with Gasteiger partial charge in [0.05, 0.1) is 19.2 Å². The molecule has 0 fully saturated rings. The van der Waals surface area contributed by atoms with Crippen LogP contribution in [0.2, 0.25) is 5.02 Å². The Morgan fingerprint density at radius 1 is 1.25 bits per heavy atom. The van der Waals surface area contributed by atoms with Crippen LogP contribution in [0.1, 0.15) is 10.4 Å². The molecule has 0 atom stereocenters. The SMILES string of the molecule is COc1cc(Cl)c(C(=O)C(F)F)cc1OC. The fraction of sp³-hybridized carbons (Fsp3) is 0.300. The van der Waals surface area contributed by atoms with E-state index in [-0.39, 0.29) is 22.1 Å². The zero-order valence-corrected chi connectivity index (χ0v) is 9.35. The molecule has 3 nitrogen and oxygen atoms in total. The summed E-state index contributed by atoms with van der Waals surface area (Å²) in [6.07, 6.45) is -3.10. The van der Waals surface area contributed by atoms with E-state index in [0.717, 1.165) is 6.07 Å². The topological polar surface area (TPSA) is 35.5 Å². The van der Waals surface area contributed by atoms with Crippen molar-refractivity contribution in [3.8, 4) is 11.5 Å². The van der Waals surface area contributed by atoms with Crippen molar-refractivity contribution in [3.05, 3.63) is 22.7 Å². The van der Waals surface area contributed by atoms with Crippen LogP contribution < -0.4 is 9.47 Å². The lowest BCUT2D eigenvalue weighted by Crippen LogP contribution is -2.11. The van der Waals surface area contributed by atoms with Gasteiger partial charge in [-0.3, -0.25) is 4.79 Å². The minimum atomic E-state index is -3.10. The highest BCUT2D eigenvalue weighted by Gasteiger charge is 2.22. The van der Waals surface area contributed by atoms with Gasteiger partial charge < -0.3 is 9.47 Å². The highest BCUT2D eigenvalue weighted by Crippen LogP contribution is 2.33. The lowest BCUT2D eigenvalue weighted by molar-refractivity contribution is 0.0678. The largest absolute Gasteiger partial charge is 0.493 e. The van der Waals surface area contributed by atoms with Crippen LogP contribution in [0.25, 0.3) is 0 Å². The summed E-state index contributed by atoms with van der Waals surface area (Å²) >= 11 is 5.69. The maximum absolute atomic E-state index is 12.2. The van der Waals surface area contributed by atoms with Crippen LogP contribution in [0.3, 0.4) is 0 Å². The summed E-state index contributed by atoms with van der Waals surface area (Å²) in [6, 6.07) is 2.39. The molecular formula is C10H9ClF2O3. The first-order valence-electron chi connectivity index (χ1n) is 4.25. The third kappa shape index (κ3) is 2.41. The lowest BCUT2D eigenvalue weighted by Gasteiger charge is -2.10. The fourth-order valence-corrected chi connectivity index (χ4v) is 1.41. The van der Waals surface area contributed by atoms with Crippen molar-refractivity contribution >= 4 is 17.4 Å². The maximum Gasteiger partial charge on any atom is 0.300 e. The molecule has 6 heteroatoms. The summed E-state index contributed by atoms with van der Waals surface area (Å²) in [7, 11) is 2.71. The normalized spacial score (nSPS) is 10.4. The van der Waals surface area contributed by atoms with Crippen molar-refractivity contribution in [2.24, 2.45) is 0 Å². The van der Waals surface area contributed by atoms with E-state index in [9.17, 15) is 13.6 Å². The predicted molar refractivity (Wildman–Crippen MR) is 54.9 cm³/mol. The number of hydrogen-bond donors (Lipinski definition) is 0. The average Bonchev–Trinajstić information content (AvgIpc) is 2.27. The minimum Gasteiger partial charge on any atom is -0.493 e. The van der Waals surface area contributed by atoms with Gasteiger partial charge in [0.1, 0.15) is 0 Å². The van der Waals surface area contributed by atoms with Crippen LogP contribution in [-0.2, 0) is 0 Å². The molecule has 0 saturated heterocycles. The van der Waals surface area contributed by atoms with E-state index < -0.39 is 12.2 Å². The molecule has 88 valence electrons. The molecule has 0 radical (unpaired) electrons. The molecule has 0 saturated carbocycles. The first kappa shape index (κ1) is 12.7. The van der Waals surface area contributed by atoms with Gasteiger partial charge in [-0.05, 0) is 6.07 Å². The first-order chi connectivity index (χ1) is 7.51. The number of ketones is 1. The van der Waals surface area contributed by atoms with Crippen molar-refractivity contribution < 1.29 is 23.0 Å². The molecule has 1 aromatic carbocycles. The van der Waals surface area contributed by atoms with Crippen molar-refractivity contribution in [1.29, 1.82) is 0 Å². The van der Waals surface area contributed by atoms with Gasteiger partial charge in [0, 0.05) is 11.6 Å². The number of methoxy groups -OCH3 is 2. The number of halogens is 3. The molecule has 0 aliphatic heterocycles. The van der Waals surface area contributed by atoms with E-state index in [1.807, 2.05) is 0 Å². The molecule has 0 aromatic heterocycles. The van der Waals surface area contributed by atoms with Crippen LogP contribution in [0, 0.1) is 0 Å². The van der Waals surface area contributed by atoms with Crippen molar-refractivity contribution in [2.75, 3.05) is 14.2 Å². The van der Waals surface area contributed by atoms with Crippen LogP contribution in [-0.4, -0.2) is 26.4 Å². The Labute approximate surface area is 95.9 Å². The number of carbonyl (C=O) groups is 1. The van der Waals surface area contributed by atoms with Gasteiger partial charge in [-0.15, -0.1) is 0 Å². The van der Waals surface area contributed by atoms with Crippen molar-refractivity contribution in [2.45, 2.75) is 6.43 Å². The average molecular weight is 251 g/mol. The van der Waals surface area contributed by atoms with Gasteiger partial charge in [0.2, 0.25) is 5.78 Å². The molecule has 0 bridgehead atoms. The summed E-state index contributed by atoms with van der Waals surface area (Å²) in [6.45, 7) is 0. The van der Waals surface area contributed by atoms with Crippen LogP contribution in [0.5, 0.6) is 11.5 Å². The summed E-state index contributed by atoms with van der Waals surface area (Å²) < 4.78 is 34.2. The Bertz CT molecular complexity index is 407. The summed E-state index contributed by atoms with van der Waals surface area (Å²) in [5, 5.41) is -0.0945. The zero-order chi connectivity index (χ0) is 12.3. The highest BCUT2D eigenvalue weighted by atomic mass is 35.5. The Morgan fingerprint density at radius 2 is 1.75 bits per heavy atom. The van der Waals surface area contributed by atoms with Crippen molar-refractivity contribution in [1.82, 2.24) is 0 Å². The zero-order valence-electron chi connectivity index (χ0n) is 8.59. The first-order valence-corrected chi connectivity index (χ1v) is 4.63. The smallest absolute Gasteiger partial charge is 0.300 e. The van der Waals surface area contributed by atoms with E-state index in [1.165, 1.54) is 20.3 Å². The van der Waals surface area contributed by atoms with Gasteiger partial charge in [0.15, 0.2) is 11.5 Å². The Hall–Kier alpha value is -1.36. The van der Waals surface area contributed by atoms with E-state index in [2.05, 4.69) is 0 Å². The number of ether oxygens (including phenoxy) is 2. The molecule has 0 unspecified atom stereocenters. The Balaban J connectivity index is 3.26. The number of alkyl halides is 2. The molecule has 1 rings (SSSR count). The molecule has 0 spiro atoms. The Morgan fingerprint density at radius 3 is 2.19 bits per heavy atom. The number of rotatable bonds is 4.